The number of carbonyl (C=O) groups excluding carboxylic acids is 1. The Kier molecular flexibility index (Phi) is 11.0. The van der Waals surface area contributed by atoms with Crippen LogP contribution in [0.4, 0.5) is 0 Å². The molecule has 2 atom stereocenters. The number of likely N-dealkylation sites (tertiary alicyclic amines) is 1. The van der Waals surface area contributed by atoms with E-state index in [1.54, 1.807) is 7.11 Å². The van der Waals surface area contributed by atoms with E-state index in [2.05, 4.69) is 15.6 Å². The molecule has 1 heterocycles. The summed E-state index contributed by atoms with van der Waals surface area (Å²) >= 11 is 0. The highest BCUT2D eigenvalue weighted by Gasteiger charge is 2.25. The average molecular weight is 504 g/mol. The lowest BCUT2D eigenvalue weighted by Crippen LogP contribution is -2.45. The molecule has 2 N–H and O–H groups in total. The third-order valence-electron chi connectivity index (χ3n) is 4.43. The molecule has 1 aromatic rings. The van der Waals surface area contributed by atoms with E-state index in [1.807, 2.05) is 49.9 Å². The number of methoxy groups -OCH3 is 1. The highest BCUT2D eigenvalue weighted by Crippen LogP contribution is 2.26. The Balaban J connectivity index is 0.00000392. The summed E-state index contributed by atoms with van der Waals surface area (Å²) in [6, 6.07) is 7.82. The molecule has 0 aliphatic carbocycles. The number of hydrogen-bond acceptors (Lipinski definition) is 4. The minimum atomic E-state index is -0.0986. The van der Waals surface area contributed by atoms with E-state index in [-0.39, 0.29) is 42.0 Å². The largest absolute Gasteiger partial charge is 0.493 e. The predicted octanol–water partition coefficient (Wildman–Crippen LogP) is 2.65. The summed E-state index contributed by atoms with van der Waals surface area (Å²) in [6.45, 7) is 8.74. The number of rotatable bonds is 8. The van der Waals surface area contributed by atoms with Crippen LogP contribution in [-0.2, 0) is 4.79 Å². The number of para-hydroxylation sites is 2. The van der Waals surface area contributed by atoms with Crippen molar-refractivity contribution in [3.05, 3.63) is 24.3 Å². The average Bonchev–Trinajstić information content (AvgIpc) is 3.14. The molecule has 1 aliphatic rings. The van der Waals surface area contributed by atoms with Crippen molar-refractivity contribution in [3.8, 4) is 11.5 Å². The van der Waals surface area contributed by atoms with Gasteiger partial charge in [0.2, 0.25) is 5.91 Å². The fraction of sp³-hybridized carbons (Fsp3) is 0.600. The van der Waals surface area contributed by atoms with Crippen LogP contribution in [0, 0.1) is 0 Å². The van der Waals surface area contributed by atoms with Crippen LogP contribution in [0.3, 0.4) is 0 Å². The van der Waals surface area contributed by atoms with Gasteiger partial charge in [0, 0.05) is 32.1 Å². The lowest BCUT2D eigenvalue weighted by molar-refractivity contribution is -0.129. The first-order chi connectivity index (χ1) is 13.1. The molecule has 0 bridgehead atoms. The SMILES string of the molecule is CCNC(=NCC(C)Oc1ccccc1OC)NC1CCN(C(=O)CC)C1.I. The van der Waals surface area contributed by atoms with Gasteiger partial charge in [-0.3, -0.25) is 4.79 Å². The maximum atomic E-state index is 11.8. The number of aliphatic imine (C=N–C) groups is 1. The Hall–Kier alpha value is -1.71. The van der Waals surface area contributed by atoms with Gasteiger partial charge in [-0.05, 0) is 32.4 Å². The van der Waals surface area contributed by atoms with Crippen LogP contribution in [0.15, 0.2) is 29.3 Å². The summed E-state index contributed by atoms with van der Waals surface area (Å²) in [7, 11) is 1.63. The fourth-order valence-corrected chi connectivity index (χ4v) is 3.03. The quantitative estimate of drug-likeness (QED) is 0.324. The molecular formula is C20H33IN4O3. The minimum Gasteiger partial charge on any atom is -0.493 e. The van der Waals surface area contributed by atoms with Crippen molar-refractivity contribution in [2.45, 2.75) is 45.8 Å². The van der Waals surface area contributed by atoms with Crippen LogP contribution in [0.1, 0.15) is 33.6 Å². The van der Waals surface area contributed by atoms with E-state index in [0.29, 0.717) is 24.5 Å². The standard InChI is InChI=1S/C20H32N4O3.HI/c1-5-19(25)24-12-11-16(14-24)23-20(21-6-2)22-13-15(3)27-18-10-8-7-9-17(18)26-4;/h7-10,15-16H,5-6,11-14H2,1-4H3,(H2,21,22,23);1H. The minimum absolute atomic E-state index is 0. The molecule has 28 heavy (non-hydrogen) atoms. The van der Waals surface area contributed by atoms with Gasteiger partial charge >= 0.3 is 0 Å². The Morgan fingerprint density at radius 3 is 2.68 bits per heavy atom. The summed E-state index contributed by atoms with van der Waals surface area (Å²) in [4.78, 5) is 18.4. The van der Waals surface area contributed by atoms with Crippen molar-refractivity contribution in [2.24, 2.45) is 4.99 Å². The molecule has 1 fully saturated rings. The van der Waals surface area contributed by atoms with E-state index in [0.717, 1.165) is 32.0 Å². The number of benzene rings is 1. The third kappa shape index (κ3) is 7.37. The summed E-state index contributed by atoms with van der Waals surface area (Å²) in [5.41, 5.74) is 0. The maximum absolute atomic E-state index is 11.8. The van der Waals surface area contributed by atoms with Crippen molar-refractivity contribution < 1.29 is 14.3 Å². The number of halogens is 1. The molecule has 1 saturated heterocycles. The molecule has 0 spiro atoms. The van der Waals surface area contributed by atoms with Gasteiger partial charge in [0.25, 0.3) is 0 Å². The van der Waals surface area contributed by atoms with E-state index >= 15 is 0 Å². The number of nitrogens with zero attached hydrogens (tertiary/aromatic N) is 2. The molecular weight excluding hydrogens is 471 g/mol. The predicted molar refractivity (Wildman–Crippen MR) is 123 cm³/mol. The normalized spacial score (nSPS) is 17.5. The summed E-state index contributed by atoms with van der Waals surface area (Å²) < 4.78 is 11.3. The Labute approximate surface area is 185 Å². The van der Waals surface area contributed by atoms with Crippen LogP contribution in [0.2, 0.25) is 0 Å². The number of ether oxygens (including phenoxy) is 2. The van der Waals surface area contributed by atoms with Gasteiger partial charge in [0.15, 0.2) is 17.5 Å². The molecule has 8 heteroatoms. The Bertz CT molecular complexity index is 642. The molecule has 0 saturated carbocycles. The zero-order chi connectivity index (χ0) is 19.6. The zero-order valence-corrected chi connectivity index (χ0v) is 19.6. The molecule has 158 valence electrons. The molecule has 7 nitrogen and oxygen atoms in total. The molecule has 2 unspecified atom stereocenters. The Morgan fingerprint density at radius 1 is 1.32 bits per heavy atom. The molecule has 1 aromatic carbocycles. The van der Waals surface area contributed by atoms with Crippen LogP contribution < -0.4 is 20.1 Å². The number of carbonyl (C=O) groups is 1. The van der Waals surface area contributed by atoms with Gasteiger partial charge in [-0.25, -0.2) is 4.99 Å². The molecule has 0 radical (unpaired) electrons. The number of nitrogens with one attached hydrogen (secondary N) is 2. The van der Waals surface area contributed by atoms with E-state index in [9.17, 15) is 4.79 Å². The van der Waals surface area contributed by atoms with Gasteiger partial charge in [0.05, 0.1) is 13.7 Å². The molecule has 1 amide bonds. The second kappa shape index (κ2) is 12.7. The third-order valence-corrected chi connectivity index (χ3v) is 4.43. The monoisotopic (exact) mass is 504 g/mol. The first kappa shape index (κ1) is 24.3. The lowest BCUT2D eigenvalue weighted by Gasteiger charge is -2.20. The van der Waals surface area contributed by atoms with Gasteiger partial charge in [-0.15, -0.1) is 24.0 Å². The second-order valence-corrected chi connectivity index (χ2v) is 6.62. The van der Waals surface area contributed by atoms with Crippen LogP contribution in [-0.4, -0.2) is 62.2 Å². The van der Waals surface area contributed by atoms with Crippen molar-refractivity contribution in [3.63, 3.8) is 0 Å². The molecule has 1 aliphatic heterocycles. The van der Waals surface area contributed by atoms with E-state index in [4.69, 9.17) is 9.47 Å². The van der Waals surface area contributed by atoms with E-state index < -0.39 is 0 Å². The topological polar surface area (TPSA) is 75.2 Å². The van der Waals surface area contributed by atoms with Gasteiger partial charge in [0.1, 0.15) is 6.10 Å². The second-order valence-electron chi connectivity index (χ2n) is 6.62. The summed E-state index contributed by atoms with van der Waals surface area (Å²) in [5.74, 6) is 2.39. The summed E-state index contributed by atoms with van der Waals surface area (Å²) in [5, 5.41) is 6.70. The van der Waals surface area contributed by atoms with Crippen LogP contribution in [0.5, 0.6) is 11.5 Å². The van der Waals surface area contributed by atoms with Crippen molar-refractivity contribution in [1.29, 1.82) is 0 Å². The van der Waals surface area contributed by atoms with Crippen molar-refractivity contribution in [1.82, 2.24) is 15.5 Å². The Morgan fingerprint density at radius 2 is 2.04 bits per heavy atom. The van der Waals surface area contributed by atoms with Crippen molar-refractivity contribution >= 4 is 35.8 Å². The zero-order valence-electron chi connectivity index (χ0n) is 17.2. The van der Waals surface area contributed by atoms with Crippen LogP contribution in [0.25, 0.3) is 0 Å². The van der Waals surface area contributed by atoms with E-state index in [1.165, 1.54) is 0 Å². The smallest absolute Gasteiger partial charge is 0.222 e. The van der Waals surface area contributed by atoms with Gasteiger partial charge in [-0.2, -0.15) is 0 Å². The highest BCUT2D eigenvalue weighted by molar-refractivity contribution is 14.0. The lowest BCUT2D eigenvalue weighted by atomic mass is 10.3. The first-order valence-electron chi connectivity index (χ1n) is 9.69. The molecule has 2 rings (SSSR count). The van der Waals surface area contributed by atoms with Gasteiger partial charge in [-0.1, -0.05) is 19.1 Å². The number of hydrogen-bond donors (Lipinski definition) is 2. The molecule has 0 aromatic heterocycles. The van der Waals surface area contributed by atoms with Crippen molar-refractivity contribution in [2.75, 3.05) is 33.3 Å². The van der Waals surface area contributed by atoms with Crippen LogP contribution >= 0.6 is 24.0 Å². The number of guanidine groups is 1. The van der Waals surface area contributed by atoms with Gasteiger partial charge < -0.3 is 25.0 Å². The fourth-order valence-electron chi connectivity index (χ4n) is 3.03. The summed E-state index contributed by atoms with van der Waals surface area (Å²) in [6.07, 6.45) is 1.39. The first-order valence-corrected chi connectivity index (χ1v) is 9.69. The highest BCUT2D eigenvalue weighted by atomic mass is 127. The maximum Gasteiger partial charge on any atom is 0.222 e. The number of amides is 1.